The summed E-state index contributed by atoms with van der Waals surface area (Å²) < 4.78 is 25.6. The zero-order valence-electron chi connectivity index (χ0n) is 13.4. The Labute approximate surface area is 142 Å². The number of nitrogens with zero attached hydrogens (tertiary/aromatic N) is 3. The van der Waals surface area contributed by atoms with E-state index in [4.69, 9.17) is 15.2 Å². The maximum atomic E-state index is 13.1. The normalized spacial score (nSPS) is 12.5. The number of rotatable bonds is 8. The molecule has 25 heavy (non-hydrogen) atoms. The van der Waals surface area contributed by atoms with Crippen molar-refractivity contribution in [1.29, 1.82) is 0 Å². The molecule has 1 unspecified atom stereocenters. The highest BCUT2D eigenvalue weighted by atomic mass is 19.1. The number of anilines is 1. The van der Waals surface area contributed by atoms with Crippen molar-refractivity contribution in [3.63, 3.8) is 0 Å². The smallest absolute Gasteiger partial charge is 0.280 e. The number of nitrogens with two attached hydrogens (primary N) is 1. The quantitative estimate of drug-likeness (QED) is 0.634. The fourth-order valence-electron chi connectivity index (χ4n) is 2.27. The molecule has 3 rings (SSSR count). The monoisotopic (exact) mass is 347 g/mol. The summed E-state index contributed by atoms with van der Waals surface area (Å²) in [6.45, 7) is -0.248. The number of benzene rings is 1. The van der Waals surface area contributed by atoms with Crippen LogP contribution < -0.4 is 11.3 Å². The van der Waals surface area contributed by atoms with Crippen molar-refractivity contribution in [3.05, 3.63) is 52.6 Å². The van der Waals surface area contributed by atoms with Gasteiger partial charge >= 0.3 is 0 Å². The van der Waals surface area contributed by atoms with E-state index in [9.17, 15) is 9.18 Å². The van der Waals surface area contributed by atoms with Gasteiger partial charge in [0.2, 0.25) is 5.95 Å². The number of hydrogen-bond donors (Lipinski definition) is 2. The van der Waals surface area contributed by atoms with Crippen LogP contribution in [0.3, 0.4) is 0 Å². The third-order valence-corrected chi connectivity index (χ3v) is 3.53. The number of fused-ring (bicyclic) bond motifs is 1. The number of aromatic nitrogens is 4. The fourth-order valence-corrected chi connectivity index (χ4v) is 2.27. The number of halogens is 1. The third kappa shape index (κ3) is 4.20. The SMILES string of the molecule is Nc1nc2c(ncn2COCC(CF)OCc2ccccc2)c(=O)[nH]1. The van der Waals surface area contributed by atoms with E-state index in [0.717, 1.165) is 5.56 Å². The molecule has 8 nitrogen and oxygen atoms in total. The highest BCUT2D eigenvalue weighted by Crippen LogP contribution is 2.08. The third-order valence-electron chi connectivity index (χ3n) is 3.53. The lowest BCUT2D eigenvalue weighted by Gasteiger charge is -2.15. The van der Waals surface area contributed by atoms with E-state index in [-0.39, 0.29) is 24.8 Å². The minimum absolute atomic E-state index is 0.00733. The van der Waals surface area contributed by atoms with Gasteiger partial charge < -0.3 is 15.2 Å². The van der Waals surface area contributed by atoms with Gasteiger partial charge in [-0.2, -0.15) is 4.98 Å². The van der Waals surface area contributed by atoms with Crippen LogP contribution in [0.5, 0.6) is 0 Å². The first-order valence-corrected chi connectivity index (χ1v) is 7.67. The Morgan fingerprint density at radius 1 is 1.32 bits per heavy atom. The highest BCUT2D eigenvalue weighted by molar-refractivity contribution is 5.70. The second kappa shape index (κ2) is 7.86. The Bertz CT molecular complexity index is 880. The molecule has 0 saturated heterocycles. The van der Waals surface area contributed by atoms with Crippen LogP contribution in [-0.4, -0.2) is 38.9 Å². The second-order valence-corrected chi connectivity index (χ2v) is 5.41. The molecule has 0 fully saturated rings. The lowest BCUT2D eigenvalue weighted by atomic mass is 10.2. The number of H-pyrrole nitrogens is 1. The van der Waals surface area contributed by atoms with E-state index in [0.29, 0.717) is 12.3 Å². The Balaban J connectivity index is 1.55. The van der Waals surface area contributed by atoms with Crippen molar-refractivity contribution in [2.45, 2.75) is 19.4 Å². The first-order chi connectivity index (χ1) is 12.2. The van der Waals surface area contributed by atoms with Crippen LogP contribution >= 0.6 is 0 Å². The van der Waals surface area contributed by atoms with Gasteiger partial charge in [0.05, 0.1) is 19.5 Å². The van der Waals surface area contributed by atoms with Gasteiger partial charge in [0.15, 0.2) is 11.2 Å². The molecule has 9 heteroatoms. The van der Waals surface area contributed by atoms with Gasteiger partial charge in [-0.25, -0.2) is 9.37 Å². The van der Waals surface area contributed by atoms with Crippen molar-refractivity contribution in [2.24, 2.45) is 0 Å². The van der Waals surface area contributed by atoms with Crippen LogP contribution in [-0.2, 0) is 22.8 Å². The average molecular weight is 347 g/mol. The number of nitrogens with one attached hydrogen (secondary N) is 1. The Kier molecular flexibility index (Phi) is 5.36. The van der Waals surface area contributed by atoms with Crippen molar-refractivity contribution >= 4 is 17.1 Å². The first-order valence-electron chi connectivity index (χ1n) is 7.67. The lowest BCUT2D eigenvalue weighted by Crippen LogP contribution is -2.23. The zero-order valence-corrected chi connectivity index (χ0v) is 13.4. The number of hydrogen-bond acceptors (Lipinski definition) is 6. The van der Waals surface area contributed by atoms with E-state index >= 15 is 0 Å². The molecule has 2 aromatic heterocycles. The molecule has 0 aliphatic carbocycles. The molecule has 0 bridgehead atoms. The first kappa shape index (κ1) is 17.1. The standard InChI is InChI=1S/C16H18FN5O3/c17-6-12(25-7-11-4-2-1-3-5-11)8-24-10-22-9-19-13-14(22)20-16(18)21-15(13)23/h1-5,9,12H,6-8,10H2,(H3,18,20,21,23). The molecule has 0 aliphatic heterocycles. The molecule has 3 aromatic rings. The summed E-state index contributed by atoms with van der Waals surface area (Å²) in [6, 6.07) is 9.50. The van der Waals surface area contributed by atoms with Crippen LogP contribution in [0.1, 0.15) is 5.56 Å². The van der Waals surface area contributed by atoms with E-state index in [1.807, 2.05) is 30.3 Å². The van der Waals surface area contributed by atoms with E-state index in [1.54, 1.807) is 0 Å². The Morgan fingerprint density at radius 3 is 2.88 bits per heavy atom. The summed E-state index contributed by atoms with van der Waals surface area (Å²) in [5.41, 5.74) is 6.54. The summed E-state index contributed by atoms with van der Waals surface area (Å²) in [7, 11) is 0. The molecule has 1 atom stereocenters. The van der Waals surface area contributed by atoms with Gasteiger partial charge in [-0.3, -0.25) is 14.3 Å². The van der Waals surface area contributed by atoms with Crippen LogP contribution in [0.4, 0.5) is 10.3 Å². The number of nitrogen functional groups attached to an aromatic ring is 1. The van der Waals surface area contributed by atoms with Crippen molar-refractivity contribution in [3.8, 4) is 0 Å². The number of ether oxygens (including phenoxy) is 2. The molecule has 0 saturated carbocycles. The molecule has 0 amide bonds. The predicted octanol–water partition coefficient (Wildman–Crippen LogP) is 1.23. The number of imidazole rings is 1. The predicted molar refractivity (Wildman–Crippen MR) is 89.5 cm³/mol. The number of alkyl halides is 1. The minimum atomic E-state index is -0.684. The van der Waals surface area contributed by atoms with E-state index < -0.39 is 18.3 Å². The van der Waals surface area contributed by atoms with Gasteiger partial charge in [0, 0.05) is 0 Å². The van der Waals surface area contributed by atoms with Crippen molar-refractivity contribution < 1.29 is 13.9 Å². The molecule has 0 radical (unpaired) electrons. The summed E-state index contributed by atoms with van der Waals surface area (Å²) in [5.74, 6) is -0.00733. The zero-order chi connectivity index (χ0) is 17.6. The maximum absolute atomic E-state index is 13.1. The van der Waals surface area contributed by atoms with Gasteiger partial charge in [0.1, 0.15) is 19.5 Å². The summed E-state index contributed by atoms with van der Waals surface area (Å²) in [5, 5.41) is 0. The summed E-state index contributed by atoms with van der Waals surface area (Å²) in [4.78, 5) is 22.1. The Morgan fingerprint density at radius 2 is 2.12 bits per heavy atom. The molecular weight excluding hydrogens is 329 g/mol. The Hall–Kier alpha value is -2.78. The van der Waals surface area contributed by atoms with Crippen LogP contribution in [0.25, 0.3) is 11.2 Å². The van der Waals surface area contributed by atoms with E-state index in [1.165, 1.54) is 10.9 Å². The van der Waals surface area contributed by atoms with Crippen LogP contribution in [0.2, 0.25) is 0 Å². The van der Waals surface area contributed by atoms with Gasteiger partial charge in [-0.15, -0.1) is 0 Å². The largest absolute Gasteiger partial charge is 0.369 e. The molecule has 0 spiro atoms. The molecule has 1 aromatic carbocycles. The van der Waals surface area contributed by atoms with Gasteiger partial charge in [-0.1, -0.05) is 30.3 Å². The molecule has 2 heterocycles. The van der Waals surface area contributed by atoms with Crippen molar-refractivity contribution in [2.75, 3.05) is 19.0 Å². The van der Waals surface area contributed by atoms with E-state index in [2.05, 4.69) is 15.0 Å². The van der Waals surface area contributed by atoms with Gasteiger partial charge in [-0.05, 0) is 5.56 Å². The van der Waals surface area contributed by atoms with Gasteiger partial charge in [0.25, 0.3) is 5.56 Å². The number of aromatic amines is 1. The minimum Gasteiger partial charge on any atom is -0.369 e. The fraction of sp³-hybridized carbons (Fsp3) is 0.312. The highest BCUT2D eigenvalue weighted by Gasteiger charge is 2.12. The summed E-state index contributed by atoms with van der Waals surface area (Å²) >= 11 is 0. The maximum Gasteiger partial charge on any atom is 0.280 e. The molecule has 0 aliphatic rings. The molecular formula is C16H18FN5O3. The van der Waals surface area contributed by atoms with Crippen molar-refractivity contribution in [1.82, 2.24) is 19.5 Å². The lowest BCUT2D eigenvalue weighted by molar-refractivity contribution is -0.0504. The topological polar surface area (TPSA) is 108 Å². The second-order valence-electron chi connectivity index (χ2n) is 5.41. The molecule has 3 N–H and O–H groups in total. The molecule has 132 valence electrons. The summed E-state index contributed by atoms with van der Waals surface area (Å²) in [6.07, 6.45) is 0.734. The van der Waals surface area contributed by atoms with Crippen LogP contribution in [0.15, 0.2) is 41.5 Å². The van der Waals surface area contributed by atoms with Crippen LogP contribution in [0, 0.1) is 0 Å². The average Bonchev–Trinajstić information content (AvgIpc) is 3.02.